The van der Waals surface area contributed by atoms with Crippen LogP contribution in [0.25, 0.3) is 0 Å². The SMILES string of the molecule is CCCC[C@H](C)C[C@H](O)C=C[C@@H]1[C@@H](C(=O)C(=O)CCCCCCO)C(=O)C[C@H]1O. The van der Waals surface area contributed by atoms with Gasteiger partial charge in [-0.3, -0.25) is 14.4 Å². The lowest BCUT2D eigenvalue weighted by molar-refractivity contribution is -0.142. The van der Waals surface area contributed by atoms with Crippen molar-refractivity contribution in [3.8, 4) is 0 Å². The number of Topliss-reactive ketones (excluding diaryl/α,β-unsaturated/α-hetero) is 3. The highest BCUT2D eigenvalue weighted by Crippen LogP contribution is 2.32. The Morgan fingerprint density at radius 1 is 1.17 bits per heavy atom. The lowest BCUT2D eigenvalue weighted by atomic mass is 9.86. The fourth-order valence-corrected chi connectivity index (χ4v) is 3.93. The van der Waals surface area contributed by atoms with Crippen LogP contribution in [-0.2, 0) is 14.4 Å². The van der Waals surface area contributed by atoms with Gasteiger partial charge in [0, 0.05) is 25.4 Å². The number of rotatable bonds is 15. The molecule has 1 aliphatic rings. The van der Waals surface area contributed by atoms with Crippen LogP contribution in [-0.4, -0.2) is 51.5 Å². The van der Waals surface area contributed by atoms with Gasteiger partial charge < -0.3 is 15.3 Å². The Bertz CT molecular complexity index is 556. The lowest BCUT2D eigenvalue weighted by Gasteiger charge is -2.17. The van der Waals surface area contributed by atoms with Gasteiger partial charge in [-0.25, -0.2) is 0 Å². The highest BCUT2D eigenvalue weighted by Gasteiger charge is 2.46. The van der Waals surface area contributed by atoms with Crippen molar-refractivity contribution in [3.63, 3.8) is 0 Å². The largest absolute Gasteiger partial charge is 0.396 e. The van der Waals surface area contributed by atoms with Crippen LogP contribution in [0, 0.1) is 17.8 Å². The molecule has 0 saturated heterocycles. The molecule has 0 aliphatic heterocycles. The van der Waals surface area contributed by atoms with Gasteiger partial charge in [0.1, 0.15) is 5.78 Å². The summed E-state index contributed by atoms with van der Waals surface area (Å²) in [5.74, 6) is -3.25. The van der Waals surface area contributed by atoms with Crippen molar-refractivity contribution in [1.29, 1.82) is 0 Å². The molecule has 0 radical (unpaired) electrons. The van der Waals surface area contributed by atoms with Crippen molar-refractivity contribution in [2.75, 3.05) is 6.61 Å². The Kier molecular flexibility index (Phi) is 12.2. The van der Waals surface area contributed by atoms with Crippen LogP contribution in [0.3, 0.4) is 0 Å². The molecule has 0 aromatic rings. The first-order valence-electron chi connectivity index (χ1n) is 11.1. The van der Waals surface area contributed by atoms with Crippen LogP contribution in [0.1, 0.15) is 78.1 Å². The van der Waals surface area contributed by atoms with E-state index in [9.17, 15) is 24.6 Å². The number of hydrogen-bond acceptors (Lipinski definition) is 6. The smallest absolute Gasteiger partial charge is 0.209 e. The minimum Gasteiger partial charge on any atom is -0.396 e. The summed E-state index contributed by atoms with van der Waals surface area (Å²) in [5, 5.41) is 29.2. The Hall–Kier alpha value is -1.37. The molecule has 1 saturated carbocycles. The summed E-state index contributed by atoms with van der Waals surface area (Å²) in [7, 11) is 0. The minimum absolute atomic E-state index is 0.0815. The predicted molar refractivity (Wildman–Crippen MR) is 111 cm³/mol. The van der Waals surface area contributed by atoms with E-state index < -0.39 is 41.4 Å². The second-order valence-electron chi connectivity index (χ2n) is 8.40. The maximum absolute atomic E-state index is 12.6. The molecule has 6 heteroatoms. The quantitative estimate of drug-likeness (QED) is 0.166. The zero-order chi connectivity index (χ0) is 21.8. The van der Waals surface area contributed by atoms with Crippen molar-refractivity contribution >= 4 is 17.3 Å². The third-order valence-corrected chi connectivity index (χ3v) is 5.71. The molecule has 0 unspecified atom stereocenters. The standard InChI is InChI=1S/C23H38O6/c1-3-4-9-16(2)14-17(25)11-12-18-20(27)15-21(28)22(18)23(29)19(26)10-7-5-6-8-13-24/h11-12,16-18,20,22,24-25,27H,3-10,13-15H2,1-2H3/t16-,17+,18-,20+,22+/m0/s1. The first-order chi connectivity index (χ1) is 13.8. The summed E-state index contributed by atoms with van der Waals surface area (Å²) in [5.41, 5.74) is 0. The monoisotopic (exact) mass is 410 g/mol. The third kappa shape index (κ3) is 8.89. The highest BCUT2D eigenvalue weighted by molar-refractivity contribution is 6.41. The molecular formula is C23H38O6. The van der Waals surface area contributed by atoms with Gasteiger partial charge >= 0.3 is 0 Å². The Balaban J connectivity index is 2.64. The molecule has 0 bridgehead atoms. The van der Waals surface area contributed by atoms with Crippen LogP contribution in [0.5, 0.6) is 0 Å². The van der Waals surface area contributed by atoms with E-state index in [1.165, 1.54) is 0 Å². The average molecular weight is 411 g/mol. The summed E-state index contributed by atoms with van der Waals surface area (Å²) in [6.07, 6.45) is 7.89. The van der Waals surface area contributed by atoms with Gasteiger partial charge in [0.05, 0.1) is 18.1 Å². The van der Waals surface area contributed by atoms with Crippen molar-refractivity contribution < 1.29 is 29.7 Å². The van der Waals surface area contributed by atoms with Crippen molar-refractivity contribution in [1.82, 2.24) is 0 Å². The average Bonchev–Trinajstić information content (AvgIpc) is 2.96. The van der Waals surface area contributed by atoms with Gasteiger partial charge in [-0.1, -0.05) is 58.1 Å². The summed E-state index contributed by atoms with van der Waals surface area (Å²) >= 11 is 0. The first-order valence-corrected chi connectivity index (χ1v) is 11.1. The molecule has 0 spiro atoms. The van der Waals surface area contributed by atoms with E-state index in [0.717, 1.165) is 32.1 Å². The second kappa shape index (κ2) is 13.8. The molecule has 3 N–H and O–H groups in total. The fourth-order valence-electron chi connectivity index (χ4n) is 3.93. The third-order valence-electron chi connectivity index (χ3n) is 5.71. The van der Waals surface area contributed by atoms with E-state index in [1.54, 1.807) is 12.2 Å². The number of unbranched alkanes of at least 4 members (excludes halogenated alkanes) is 4. The molecule has 1 aliphatic carbocycles. The number of ketones is 3. The van der Waals surface area contributed by atoms with Crippen molar-refractivity contribution in [2.24, 2.45) is 17.8 Å². The van der Waals surface area contributed by atoms with Crippen LogP contribution in [0.4, 0.5) is 0 Å². The molecule has 1 rings (SSSR count). The van der Waals surface area contributed by atoms with E-state index in [0.29, 0.717) is 25.2 Å². The van der Waals surface area contributed by atoms with Crippen molar-refractivity contribution in [2.45, 2.75) is 90.3 Å². The van der Waals surface area contributed by atoms with Gasteiger partial charge in [-0.05, 0) is 25.2 Å². The normalized spacial score (nSPS) is 24.2. The van der Waals surface area contributed by atoms with E-state index in [-0.39, 0.29) is 19.4 Å². The van der Waals surface area contributed by atoms with Crippen LogP contribution in [0.2, 0.25) is 0 Å². The predicted octanol–water partition coefficient (Wildman–Crippen LogP) is 2.77. The van der Waals surface area contributed by atoms with E-state index in [1.807, 2.05) is 0 Å². The highest BCUT2D eigenvalue weighted by atomic mass is 16.3. The number of aliphatic hydroxyl groups is 3. The molecule has 5 atom stereocenters. The zero-order valence-electron chi connectivity index (χ0n) is 17.9. The molecule has 166 valence electrons. The maximum atomic E-state index is 12.6. The van der Waals surface area contributed by atoms with Gasteiger partial charge in [0.15, 0.2) is 5.78 Å². The lowest BCUT2D eigenvalue weighted by Crippen LogP contribution is -2.32. The number of carbonyl (C=O) groups excluding carboxylic acids is 3. The Morgan fingerprint density at radius 3 is 2.52 bits per heavy atom. The van der Waals surface area contributed by atoms with E-state index in [4.69, 9.17) is 5.11 Å². The first kappa shape index (κ1) is 25.7. The summed E-state index contributed by atoms with van der Waals surface area (Å²) in [6.45, 7) is 4.31. The molecule has 6 nitrogen and oxygen atoms in total. The number of hydrogen-bond donors (Lipinski definition) is 3. The minimum atomic E-state index is -1.14. The zero-order valence-corrected chi connectivity index (χ0v) is 17.9. The van der Waals surface area contributed by atoms with Gasteiger partial charge in [0.2, 0.25) is 5.78 Å². The molecule has 0 amide bonds. The van der Waals surface area contributed by atoms with Gasteiger partial charge in [-0.15, -0.1) is 0 Å². The topological polar surface area (TPSA) is 112 Å². The van der Waals surface area contributed by atoms with Crippen molar-refractivity contribution in [3.05, 3.63) is 12.2 Å². The molecule has 29 heavy (non-hydrogen) atoms. The molecule has 0 aromatic heterocycles. The summed E-state index contributed by atoms with van der Waals surface area (Å²) in [4.78, 5) is 37.0. The summed E-state index contributed by atoms with van der Waals surface area (Å²) in [6, 6.07) is 0. The fraction of sp³-hybridized carbons (Fsp3) is 0.783. The van der Waals surface area contributed by atoms with Crippen LogP contribution in [0.15, 0.2) is 12.2 Å². The van der Waals surface area contributed by atoms with Crippen LogP contribution >= 0.6 is 0 Å². The summed E-state index contributed by atoms with van der Waals surface area (Å²) < 4.78 is 0. The molecule has 1 fully saturated rings. The van der Waals surface area contributed by atoms with Gasteiger partial charge in [0.25, 0.3) is 0 Å². The number of aliphatic hydroxyl groups excluding tert-OH is 3. The van der Waals surface area contributed by atoms with E-state index in [2.05, 4.69) is 13.8 Å². The maximum Gasteiger partial charge on any atom is 0.209 e. The Morgan fingerprint density at radius 2 is 1.86 bits per heavy atom. The molecule has 0 heterocycles. The van der Waals surface area contributed by atoms with E-state index >= 15 is 0 Å². The second-order valence-corrected chi connectivity index (χ2v) is 8.40. The van der Waals surface area contributed by atoms with Gasteiger partial charge in [-0.2, -0.15) is 0 Å². The molecular weight excluding hydrogens is 372 g/mol. The Labute approximate surface area is 174 Å². The number of carbonyl (C=O) groups is 3. The van der Waals surface area contributed by atoms with Crippen LogP contribution < -0.4 is 0 Å². The molecule has 0 aromatic carbocycles.